The average molecular weight is 522 g/mol. The standard InChI is InChI=1S/C27H31N5O2S2/c1-16-14-20-24(26-31-21-15-19(4-5-22(21)35-26)18-6-9-28-10-7-18)27(36-25(20)17(2)30-16)32-23(33)8-11-29-12-13-34-3/h4-7,9-10,15-17,29-30H,8,11-14H2,1-3H3,(H,32,33)/t16-,17-/m1/s1. The van der Waals surface area contributed by atoms with Crippen molar-refractivity contribution in [2.75, 3.05) is 32.1 Å². The maximum absolute atomic E-state index is 12.8. The van der Waals surface area contributed by atoms with Crippen molar-refractivity contribution in [2.24, 2.45) is 0 Å². The molecule has 0 radical (unpaired) electrons. The average Bonchev–Trinajstić information content (AvgIpc) is 3.44. The molecule has 4 heterocycles. The minimum absolute atomic E-state index is 0.00880. The van der Waals surface area contributed by atoms with Gasteiger partial charge in [-0.25, -0.2) is 4.98 Å². The first kappa shape index (κ1) is 25.0. The Kier molecular flexibility index (Phi) is 7.73. The van der Waals surface area contributed by atoms with Crippen LogP contribution in [0.15, 0.2) is 42.7 Å². The van der Waals surface area contributed by atoms with Crippen LogP contribution in [0.5, 0.6) is 0 Å². The zero-order valence-electron chi connectivity index (χ0n) is 20.8. The number of amides is 1. The van der Waals surface area contributed by atoms with Gasteiger partial charge in [0.1, 0.15) is 10.0 Å². The summed E-state index contributed by atoms with van der Waals surface area (Å²) in [6.07, 6.45) is 4.94. The van der Waals surface area contributed by atoms with Crippen molar-refractivity contribution in [3.8, 4) is 21.7 Å². The molecule has 4 aromatic rings. The van der Waals surface area contributed by atoms with Gasteiger partial charge < -0.3 is 20.7 Å². The molecule has 3 aromatic heterocycles. The van der Waals surface area contributed by atoms with Gasteiger partial charge in [-0.2, -0.15) is 0 Å². The van der Waals surface area contributed by atoms with Crippen molar-refractivity contribution in [1.82, 2.24) is 20.6 Å². The molecule has 0 unspecified atom stereocenters. The van der Waals surface area contributed by atoms with E-state index in [2.05, 4.69) is 53.0 Å². The number of thiazole rings is 1. The van der Waals surface area contributed by atoms with Crippen molar-refractivity contribution < 1.29 is 9.53 Å². The predicted octanol–water partition coefficient (Wildman–Crippen LogP) is 5.25. The van der Waals surface area contributed by atoms with Crippen LogP contribution in [-0.2, 0) is 16.0 Å². The Labute approximate surface area is 219 Å². The van der Waals surface area contributed by atoms with Gasteiger partial charge in [0.05, 0.1) is 16.8 Å². The van der Waals surface area contributed by atoms with Crippen LogP contribution in [-0.4, -0.2) is 48.7 Å². The largest absolute Gasteiger partial charge is 0.383 e. The number of carbonyl (C=O) groups is 1. The number of rotatable bonds is 9. The number of ether oxygens (including phenoxy) is 1. The highest BCUT2D eigenvalue weighted by atomic mass is 32.1. The lowest BCUT2D eigenvalue weighted by atomic mass is 9.95. The Hall–Kier alpha value is -2.69. The molecular formula is C27H31N5O2S2. The van der Waals surface area contributed by atoms with Gasteiger partial charge in [-0.15, -0.1) is 22.7 Å². The number of benzene rings is 1. The lowest BCUT2D eigenvalue weighted by Crippen LogP contribution is -2.35. The minimum atomic E-state index is 0.00880. The van der Waals surface area contributed by atoms with Gasteiger partial charge in [-0.05, 0) is 61.2 Å². The molecule has 0 fully saturated rings. The lowest BCUT2D eigenvalue weighted by Gasteiger charge is -2.26. The van der Waals surface area contributed by atoms with Crippen LogP contribution in [0.4, 0.5) is 5.00 Å². The van der Waals surface area contributed by atoms with Crippen LogP contribution in [0.25, 0.3) is 31.9 Å². The summed E-state index contributed by atoms with van der Waals surface area (Å²) < 4.78 is 6.19. The smallest absolute Gasteiger partial charge is 0.226 e. The van der Waals surface area contributed by atoms with Crippen molar-refractivity contribution in [2.45, 2.75) is 38.8 Å². The fourth-order valence-corrected chi connectivity index (χ4v) is 7.02. The number of hydrogen-bond donors (Lipinski definition) is 3. The number of pyridine rings is 1. The molecule has 3 N–H and O–H groups in total. The van der Waals surface area contributed by atoms with Gasteiger partial charge in [0, 0.05) is 61.5 Å². The highest BCUT2D eigenvalue weighted by Crippen LogP contribution is 2.47. The first-order valence-electron chi connectivity index (χ1n) is 12.3. The van der Waals surface area contributed by atoms with Crippen molar-refractivity contribution >= 4 is 43.8 Å². The normalized spacial score (nSPS) is 17.3. The summed E-state index contributed by atoms with van der Waals surface area (Å²) in [5, 5.41) is 12.0. The summed E-state index contributed by atoms with van der Waals surface area (Å²) in [7, 11) is 1.67. The summed E-state index contributed by atoms with van der Waals surface area (Å²) in [5.74, 6) is 0.00880. The molecule has 7 nitrogen and oxygen atoms in total. The topological polar surface area (TPSA) is 88.2 Å². The van der Waals surface area contributed by atoms with Gasteiger partial charge in [0.2, 0.25) is 5.91 Å². The van der Waals surface area contributed by atoms with Gasteiger partial charge in [0.25, 0.3) is 0 Å². The quantitative estimate of drug-likeness (QED) is 0.261. The third kappa shape index (κ3) is 5.35. The Morgan fingerprint density at radius 2 is 1.97 bits per heavy atom. The number of anilines is 1. The number of methoxy groups -OCH3 is 1. The Morgan fingerprint density at radius 3 is 2.78 bits per heavy atom. The number of nitrogens with one attached hydrogen (secondary N) is 3. The summed E-state index contributed by atoms with van der Waals surface area (Å²) in [5.41, 5.74) is 5.60. The fourth-order valence-electron chi connectivity index (χ4n) is 4.67. The van der Waals surface area contributed by atoms with E-state index in [9.17, 15) is 4.79 Å². The molecule has 2 atom stereocenters. The molecule has 1 amide bonds. The number of nitrogens with zero attached hydrogens (tertiary/aromatic N) is 2. The van der Waals surface area contributed by atoms with Gasteiger partial charge in [0.15, 0.2) is 0 Å². The van der Waals surface area contributed by atoms with Crippen LogP contribution >= 0.6 is 22.7 Å². The summed E-state index contributed by atoms with van der Waals surface area (Å²) >= 11 is 3.37. The van der Waals surface area contributed by atoms with Crippen LogP contribution in [0.1, 0.15) is 36.8 Å². The number of hydrogen-bond acceptors (Lipinski definition) is 8. The number of carbonyl (C=O) groups excluding carboxylic acids is 1. The molecular weight excluding hydrogens is 490 g/mol. The number of aromatic nitrogens is 2. The van der Waals surface area contributed by atoms with E-state index in [-0.39, 0.29) is 11.9 Å². The molecule has 1 aliphatic rings. The third-order valence-corrected chi connectivity index (χ3v) is 8.74. The molecule has 1 aromatic carbocycles. The molecule has 9 heteroatoms. The van der Waals surface area contributed by atoms with Gasteiger partial charge >= 0.3 is 0 Å². The molecule has 0 spiro atoms. The van der Waals surface area contributed by atoms with E-state index in [1.807, 2.05) is 24.5 Å². The number of thiophene rings is 1. The van der Waals surface area contributed by atoms with E-state index >= 15 is 0 Å². The second kappa shape index (κ2) is 11.1. The monoisotopic (exact) mass is 521 g/mol. The molecule has 0 bridgehead atoms. The van der Waals surface area contributed by atoms with Crippen LogP contribution in [0.2, 0.25) is 0 Å². The van der Waals surface area contributed by atoms with E-state index in [0.29, 0.717) is 25.6 Å². The van der Waals surface area contributed by atoms with Gasteiger partial charge in [-0.3, -0.25) is 9.78 Å². The molecule has 0 aliphatic carbocycles. The molecule has 36 heavy (non-hydrogen) atoms. The van der Waals surface area contributed by atoms with Crippen molar-refractivity contribution in [3.05, 3.63) is 53.2 Å². The fraction of sp³-hybridized carbons (Fsp3) is 0.370. The summed E-state index contributed by atoms with van der Waals surface area (Å²) in [4.78, 5) is 23.3. The zero-order chi connectivity index (χ0) is 25.1. The van der Waals surface area contributed by atoms with E-state index < -0.39 is 0 Å². The first-order chi connectivity index (χ1) is 17.5. The van der Waals surface area contributed by atoms with Crippen LogP contribution in [0.3, 0.4) is 0 Å². The van der Waals surface area contributed by atoms with E-state index in [4.69, 9.17) is 9.72 Å². The molecule has 188 valence electrons. The zero-order valence-corrected chi connectivity index (χ0v) is 22.4. The van der Waals surface area contributed by atoms with Crippen molar-refractivity contribution in [1.29, 1.82) is 0 Å². The van der Waals surface area contributed by atoms with Crippen LogP contribution < -0.4 is 16.0 Å². The maximum Gasteiger partial charge on any atom is 0.226 e. The van der Waals surface area contributed by atoms with E-state index in [1.165, 1.54) is 10.4 Å². The highest BCUT2D eigenvalue weighted by molar-refractivity contribution is 7.23. The van der Waals surface area contributed by atoms with E-state index in [0.717, 1.165) is 49.9 Å². The Bertz CT molecular complexity index is 1350. The molecule has 1 aliphatic heterocycles. The molecule has 0 saturated heterocycles. The number of fused-ring (bicyclic) bond motifs is 2. The third-order valence-electron chi connectivity index (χ3n) is 6.36. The Balaban J connectivity index is 1.47. The molecule has 0 saturated carbocycles. The van der Waals surface area contributed by atoms with Crippen LogP contribution in [0, 0.1) is 0 Å². The minimum Gasteiger partial charge on any atom is -0.383 e. The second-order valence-electron chi connectivity index (χ2n) is 9.12. The summed E-state index contributed by atoms with van der Waals surface area (Å²) in [6, 6.07) is 11.0. The highest BCUT2D eigenvalue weighted by Gasteiger charge is 2.30. The Morgan fingerprint density at radius 1 is 1.14 bits per heavy atom. The predicted molar refractivity (Wildman–Crippen MR) is 149 cm³/mol. The lowest BCUT2D eigenvalue weighted by molar-refractivity contribution is -0.116. The van der Waals surface area contributed by atoms with E-state index in [1.54, 1.807) is 29.8 Å². The second-order valence-corrected chi connectivity index (χ2v) is 11.2. The SMILES string of the molecule is COCCNCCC(=O)Nc1sc2c(c1-c1nc3cc(-c4ccncc4)ccc3s1)C[C@@H](C)N[C@@H]2C. The first-order valence-corrected chi connectivity index (χ1v) is 13.9. The van der Waals surface area contributed by atoms with Gasteiger partial charge in [-0.1, -0.05) is 6.07 Å². The maximum atomic E-state index is 12.8. The van der Waals surface area contributed by atoms with Crippen molar-refractivity contribution in [3.63, 3.8) is 0 Å². The molecule has 5 rings (SSSR count). The summed E-state index contributed by atoms with van der Waals surface area (Å²) in [6.45, 7) is 6.39.